The minimum Gasteiger partial charge on any atom is -0.286 e. The molecule has 0 rings (SSSR count). The van der Waals surface area contributed by atoms with Crippen molar-refractivity contribution in [3.8, 4) is 0 Å². The third-order valence-corrected chi connectivity index (χ3v) is 2.06. The van der Waals surface area contributed by atoms with E-state index in [0.29, 0.717) is 6.42 Å². The molecule has 4 heteroatoms. The van der Waals surface area contributed by atoms with E-state index in [1.54, 1.807) is 0 Å². The molecule has 3 nitrogen and oxygen atoms in total. The predicted octanol–water partition coefficient (Wildman–Crippen LogP) is 1.45. The smallest absolute Gasteiger partial charge is 0.264 e. The summed E-state index contributed by atoms with van der Waals surface area (Å²) in [6.07, 6.45) is 3.57. The van der Waals surface area contributed by atoms with Crippen LogP contribution in [0.2, 0.25) is 0 Å². The Morgan fingerprint density at radius 3 is 2.20 bits per heavy atom. The van der Waals surface area contributed by atoms with Crippen LogP contribution in [0.3, 0.4) is 0 Å². The van der Waals surface area contributed by atoms with Gasteiger partial charge >= 0.3 is 0 Å². The molecule has 0 atom stereocenters. The molecular formula is C6H14O3S. The fraction of sp³-hybridized carbons (Fsp3) is 1.00. The molecule has 62 valence electrons. The van der Waals surface area contributed by atoms with Crippen LogP contribution in [0.15, 0.2) is 0 Å². The van der Waals surface area contributed by atoms with Crippen molar-refractivity contribution in [2.75, 3.05) is 5.75 Å². The molecule has 0 radical (unpaired) electrons. The van der Waals surface area contributed by atoms with Crippen molar-refractivity contribution in [3.05, 3.63) is 0 Å². The van der Waals surface area contributed by atoms with Crippen LogP contribution in [-0.4, -0.2) is 18.7 Å². The molecule has 10 heavy (non-hydrogen) atoms. The summed E-state index contributed by atoms with van der Waals surface area (Å²) in [5.41, 5.74) is 0. The molecule has 0 aromatic carbocycles. The molecule has 0 saturated heterocycles. The third-order valence-electron chi connectivity index (χ3n) is 1.26. The third kappa shape index (κ3) is 7.91. The van der Waals surface area contributed by atoms with Crippen LogP contribution in [0.25, 0.3) is 0 Å². The lowest BCUT2D eigenvalue weighted by Crippen LogP contribution is -2.03. The maximum Gasteiger partial charge on any atom is 0.264 e. The van der Waals surface area contributed by atoms with Crippen LogP contribution in [0, 0.1) is 0 Å². The van der Waals surface area contributed by atoms with Crippen molar-refractivity contribution in [2.45, 2.75) is 32.6 Å². The minimum atomic E-state index is -3.70. The van der Waals surface area contributed by atoms with Crippen LogP contribution in [0.5, 0.6) is 0 Å². The van der Waals surface area contributed by atoms with E-state index in [-0.39, 0.29) is 5.75 Å². The van der Waals surface area contributed by atoms with Gasteiger partial charge in [-0.2, -0.15) is 8.42 Å². The molecule has 0 aromatic rings. The highest BCUT2D eigenvalue weighted by molar-refractivity contribution is 7.85. The highest BCUT2D eigenvalue weighted by atomic mass is 32.2. The largest absolute Gasteiger partial charge is 0.286 e. The van der Waals surface area contributed by atoms with Crippen molar-refractivity contribution in [1.29, 1.82) is 0 Å². The van der Waals surface area contributed by atoms with Crippen molar-refractivity contribution in [3.63, 3.8) is 0 Å². The van der Waals surface area contributed by atoms with Gasteiger partial charge < -0.3 is 0 Å². The van der Waals surface area contributed by atoms with Gasteiger partial charge in [-0.25, -0.2) is 0 Å². The van der Waals surface area contributed by atoms with Crippen LogP contribution >= 0.6 is 0 Å². The molecule has 0 fully saturated rings. The Morgan fingerprint density at radius 2 is 1.80 bits per heavy atom. The Labute approximate surface area is 62.2 Å². The second-order valence-corrected chi connectivity index (χ2v) is 3.92. The highest BCUT2D eigenvalue weighted by Gasteiger charge is 2.01. The normalized spacial score (nSPS) is 11.8. The lowest BCUT2D eigenvalue weighted by molar-refractivity contribution is 0.479. The molecule has 0 aliphatic rings. The molecule has 0 aliphatic carbocycles. The lowest BCUT2D eigenvalue weighted by atomic mass is 10.4. The average Bonchev–Trinajstić information content (AvgIpc) is 1.78. The summed E-state index contributed by atoms with van der Waals surface area (Å²) in [5, 5.41) is 0. The van der Waals surface area contributed by atoms with E-state index in [9.17, 15) is 8.42 Å². The van der Waals surface area contributed by atoms with Gasteiger partial charge in [0.1, 0.15) is 0 Å². The molecule has 0 aromatic heterocycles. The molecule has 0 amide bonds. The van der Waals surface area contributed by atoms with Crippen molar-refractivity contribution < 1.29 is 13.0 Å². The van der Waals surface area contributed by atoms with Crippen molar-refractivity contribution in [1.82, 2.24) is 0 Å². The summed E-state index contributed by atoms with van der Waals surface area (Å²) in [6, 6.07) is 0. The topological polar surface area (TPSA) is 54.4 Å². The number of hydrogen-bond acceptors (Lipinski definition) is 2. The van der Waals surface area contributed by atoms with Gasteiger partial charge in [-0.05, 0) is 6.42 Å². The summed E-state index contributed by atoms with van der Waals surface area (Å²) in [5.74, 6) is -0.0903. The Kier molecular flexibility index (Phi) is 4.64. The average molecular weight is 169 g/mol. The summed E-state index contributed by atoms with van der Waals surface area (Å²) < 4.78 is 28.6. The summed E-state index contributed by atoms with van der Waals surface area (Å²) in [6.45, 7) is 2.05. The molecular weight excluding hydrogens is 155 g/mol. The van der Waals surface area contributed by atoms with Gasteiger partial charge in [0, 0.05) is 0 Å². The number of unbranched alkanes of at least 4 members (excludes halogenated alkanes) is 3. The van der Waals surface area contributed by atoms with E-state index >= 15 is 0 Å². The molecule has 0 saturated carbocycles. The zero-order valence-electron chi connectivity index (χ0n) is 6.21. The Morgan fingerprint density at radius 1 is 1.20 bits per heavy atom. The summed E-state index contributed by atoms with van der Waals surface area (Å²) in [7, 11) is -3.70. The van der Waals surface area contributed by atoms with Gasteiger partial charge in [-0.1, -0.05) is 26.2 Å². The van der Waals surface area contributed by atoms with Gasteiger partial charge in [-0.3, -0.25) is 4.55 Å². The van der Waals surface area contributed by atoms with Gasteiger partial charge in [0.05, 0.1) is 5.75 Å². The van der Waals surface area contributed by atoms with Crippen molar-refractivity contribution in [2.24, 2.45) is 0 Å². The molecule has 0 unspecified atom stereocenters. The van der Waals surface area contributed by atoms with E-state index < -0.39 is 10.1 Å². The second-order valence-electron chi connectivity index (χ2n) is 2.35. The standard InChI is InChI=1S/C6H14O3S/c1-2-3-4-5-6-10(7,8)9/h2-6H2,1H3,(H,7,8,9)/i4+1,5+1,6+1. The van der Waals surface area contributed by atoms with Crippen LogP contribution in [0.4, 0.5) is 0 Å². The summed E-state index contributed by atoms with van der Waals surface area (Å²) in [4.78, 5) is 0. The summed E-state index contributed by atoms with van der Waals surface area (Å²) >= 11 is 0. The van der Waals surface area contributed by atoms with E-state index in [1.807, 2.05) is 6.92 Å². The van der Waals surface area contributed by atoms with Gasteiger partial charge in [0.15, 0.2) is 0 Å². The molecule has 1 N–H and O–H groups in total. The van der Waals surface area contributed by atoms with Crippen LogP contribution < -0.4 is 0 Å². The van der Waals surface area contributed by atoms with Gasteiger partial charge in [-0.15, -0.1) is 0 Å². The fourth-order valence-electron chi connectivity index (χ4n) is 0.711. The van der Waals surface area contributed by atoms with E-state index in [4.69, 9.17) is 4.55 Å². The SMILES string of the molecule is CCC[13CH2][13CH2][13CH2]S(=O)(=O)O. The Balaban J connectivity index is 3.21. The first-order valence-electron chi connectivity index (χ1n) is 3.51. The van der Waals surface area contributed by atoms with Gasteiger partial charge in [0.25, 0.3) is 10.1 Å². The monoisotopic (exact) mass is 169 g/mol. The van der Waals surface area contributed by atoms with Crippen LogP contribution in [0.1, 0.15) is 32.6 Å². The minimum absolute atomic E-state index is 0.0903. The Hall–Kier alpha value is -0.0900. The first-order valence-corrected chi connectivity index (χ1v) is 5.12. The van der Waals surface area contributed by atoms with E-state index in [1.165, 1.54) is 0 Å². The van der Waals surface area contributed by atoms with E-state index in [2.05, 4.69) is 0 Å². The zero-order chi connectivity index (χ0) is 8.04. The van der Waals surface area contributed by atoms with Crippen LogP contribution in [-0.2, 0) is 10.1 Å². The lowest BCUT2D eigenvalue weighted by Gasteiger charge is -1.95. The Bertz CT molecular complexity index is 160. The zero-order valence-corrected chi connectivity index (χ0v) is 7.02. The van der Waals surface area contributed by atoms with Crippen molar-refractivity contribution >= 4 is 10.1 Å². The maximum atomic E-state index is 10.1. The highest BCUT2D eigenvalue weighted by Crippen LogP contribution is 2.00. The van der Waals surface area contributed by atoms with Gasteiger partial charge in [0.2, 0.25) is 0 Å². The number of hydrogen-bond donors (Lipinski definition) is 1. The quantitative estimate of drug-likeness (QED) is 0.385. The van der Waals surface area contributed by atoms with E-state index in [0.717, 1.165) is 19.3 Å². The molecule has 0 heterocycles. The first-order chi connectivity index (χ1) is 4.56. The predicted molar refractivity (Wildman–Crippen MR) is 40.6 cm³/mol. The molecule has 0 aliphatic heterocycles. The second kappa shape index (κ2) is 4.68. The maximum absolute atomic E-state index is 10.1. The first kappa shape index (κ1) is 9.91. The fourth-order valence-corrected chi connectivity index (χ4v) is 1.28. The molecule has 0 spiro atoms. The molecule has 0 bridgehead atoms. The number of rotatable bonds is 5.